The fraction of sp³-hybridized carbons (Fsp3) is 1.00. The molecular weight excluding hydrogens is 181 g/mol. The summed E-state index contributed by atoms with van der Waals surface area (Å²) >= 11 is 0. The molecule has 1 aliphatic carbocycles. The molecule has 0 saturated heterocycles. The van der Waals surface area contributed by atoms with Crippen LogP contribution in [0.3, 0.4) is 0 Å². The SMILES string of the molecule is NNC(CC(F)(F)F)C1CCCC1. The van der Waals surface area contributed by atoms with Crippen molar-refractivity contribution in [2.75, 3.05) is 0 Å². The number of halogens is 3. The topological polar surface area (TPSA) is 38.0 Å². The van der Waals surface area contributed by atoms with Gasteiger partial charge in [-0.15, -0.1) is 0 Å². The molecule has 0 aliphatic heterocycles. The molecule has 1 fully saturated rings. The van der Waals surface area contributed by atoms with Crippen molar-refractivity contribution in [3.05, 3.63) is 0 Å². The van der Waals surface area contributed by atoms with Gasteiger partial charge in [0.2, 0.25) is 0 Å². The van der Waals surface area contributed by atoms with Crippen LogP contribution in [0.25, 0.3) is 0 Å². The van der Waals surface area contributed by atoms with Gasteiger partial charge in [-0.1, -0.05) is 12.8 Å². The number of nitrogens with one attached hydrogen (secondary N) is 1. The van der Waals surface area contributed by atoms with Crippen LogP contribution in [-0.4, -0.2) is 12.2 Å². The van der Waals surface area contributed by atoms with E-state index in [1.807, 2.05) is 0 Å². The second kappa shape index (κ2) is 4.28. The minimum atomic E-state index is -4.11. The number of hydrazine groups is 1. The van der Waals surface area contributed by atoms with Gasteiger partial charge in [-0.2, -0.15) is 13.2 Å². The van der Waals surface area contributed by atoms with Crippen LogP contribution in [0.15, 0.2) is 0 Å². The van der Waals surface area contributed by atoms with E-state index in [0.29, 0.717) is 0 Å². The van der Waals surface area contributed by atoms with Gasteiger partial charge < -0.3 is 0 Å². The molecule has 0 amide bonds. The van der Waals surface area contributed by atoms with Crippen molar-refractivity contribution in [2.24, 2.45) is 11.8 Å². The molecule has 0 radical (unpaired) electrons. The Morgan fingerprint density at radius 3 is 2.23 bits per heavy atom. The van der Waals surface area contributed by atoms with E-state index < -0.39 is 18.6 Å². The largest absolute Gasteiger partial charge is 0.390 e. The second-order valence-electron chi connectivity index (χ2n) is 3.64. The summed E-state index contributed by atoms with van der Waals surface area (Å²) in [6, 6.07) is -0.595. The summed E-state index contributed by atoms with van der Waals surface area (Å²) in [5.41, 5.74) is 2.28. The highest BCUT2D eigenvalue weighted by Crippen LogP contribution is 2.32. The maximum Gasteiger partial charge on any atom is 0.390 e. The fourth-order valence-electron chi connectivity index (χ4n) is 1.97. The number of nitrogens with two attached hydrogens (primary N) is 1. The third-order valence-electron chi connectivity index (χ3n) is 2.63. The Labute approximate surface area is 75.6 Å². The van der Waals surface area contributed by atoms with Gasteiger partial charge in [-0.3, -0.25) is 11.3 Å². The Morgan fingerprint density at radius 2 is 1.85 bits per heavy atom. The van der Waals surface area contributed by atoms with Crippen molar-refractivity contribution in [3.8, 4) is 0 Å². The summed E-state index contributed by atoms with van der Waals surface area (Å²) in [4.78, 5) is 0. The van der Waals surface area contributed by atoms with Crippen LogP contribution in [0.2, 0.25) is 0 Å². The minimum absolute atomic E-state index is 0.103. The first-order valence-corrected chi connectivity index (χ1v) is 4.56. The third kappa shape index (κ3) is 3.52. The maximum atomic E-state index is 12.1. The quantitative estimate of drug-likeness (QED) is 0.535. The van der Waals surface area contributed by atoms with Crippen LogP contribution in [0.4, 0.5) is 13.2 Å². The van der Waals surface area contributed by atoms with Gasteiger partial charge in [0.05, 0.1) is 6.42 Å². The number of alkyl halides is 3. The smallest absolute Gasteiger partial charge is 0.271 e. The zero-order valence-corrected chi connectivity index (χ0v) is 7.40. The average Bonchev–Trinajstić information content (AvgIpc) is 2.50. The van der Waals surface area contributed by atoms with E-state index in [9.17, 15) is 13.2 Å². The van der Waals surface area contributed by atoms with E-state index in [0.717, 1.165) is 25.7 Å². The summed E-state index contributed by atoms with van der Waals surface area (Å²) in [6.45, 7) is 0. The van der Waals surface area contributed by atoms with Gasteiger partial charge in [0, 0.05) is 6.04 Å². The standard InChI is InChI=1S/C8H15F3N2/c9-8(10,11)5-7(13-12)6-3-1-2-4-6/h6-7,13H,1-5,12H2. The molecule has 2 nitrogen and oxygen atoms in total. The molecule has 0 bridgehead atoms. The van der Waals surface area contributed by atoms with Gasteiger partial charge in [-0.25, -0.2) is 0 Å². The lowest BCUT2D eigenvalue weighted by Gasteiger charge is -2.23. The van der Waals surface area contributed by atoms with E-state index in [1.165, 1.54) is 0 Å². The monoisotopic (exact) mass is 196 g/mol. The average molecular weight is 196 g/mol. The van der Waals surface area contributed by atoms with Gasteiger partial charge in [0.25, 0.3) is 0 Å². The zero-order valence-electron chi connectivity index (χ0n) is 7.40. The molecule has 0 aromatic heterocycles. The summed E-state index contributed by atoms with van der Waals surface area (Å²) in [5.74, 6) is 5.21. The number of rotatable bonds is 3. The Balaban J connectivity index is 2.42. The molecule has 1 saturated carbocycles. The molecule has 3 N–H and O–H groups in total. The van der Waals surface area contributed by atoms with E-state index in [-0.39, 0.29) is 5.92 Å². The molecule has 0 aromatic rings. The highest BCUT2D eigenvalue weighted by atomic mass is 19.4. The second-order valence-corrected chi connectivity index (χ2v) is 3.64. The molecule has 13 heavy (non-hydrogen) atoms. The molecule has 5 heteroatoms. The van der Waals surface area contributed by atoms with Crippen molar-refractivity contribution < 1.29 is 13.2 Å². The molecule has 1 rings (SSSR count). The zero-order chi connectivity index (χ0) is 9.90. The molecule has 0 aromatic carbocycles. The van der Waals surface area contributed by atoms with Gasteiger partial charge >= 0.3 is 6.18 Å². The Kier molecular flexibility index (Phi) is 3.55. The van der Waals surface area contributed by atoms with E-state index >= 15 is 0 Å². The van der Waals surface area contributed by atoms with Crippen LogP contribution in [0.5, 0.6) is 0 Å². The first-order chi connectivity index (χ1) is 6.03. The minimum Gasteiger partial charge on any atom is -0.271 e. The lowest BCUT2D eigenvalue weighted by molar-refractivity contribution is -0.143. The van der Waals surface area contributed by atoms with E-state index in [1.54, 1.807) is 0 Å². The molecule has 78 valence electrons. The van der Waals surface area contributed by atoms with Crippen molar-refractivity contribution in [3.63, 3.8) is 0 Å². The van der Waals surface area contributed by atoms with Crippen LogP contribution in [0, 0.1) is 5.92 Å². The molecule has 1 atom stereocenters. The van der Waals surface area contributed by atoms with Crippen molar-refractivity contribution >= 4 is 0 Å². The lowest BCUT2D eigenvalue weighted by Crippen LogP contribution is -2.43. The molecule has 0 heterocycles. The normalized spacial score (nSPS) is 22.2. The molecule has 0 spiro atoms. The molecular formula is C8H15F3N2. The third-order valence-corrected chi connectivity index (χ3v) is 2.63. The predicted octanol–water partition coefficient (Wildman–Crippen LogP) is 1.96. The van der Waals surface area contributed by atoms with Crippen LogP contribution >= 0.6 is 0 Å². The maximum absolute atomic E-state index is 12.1. The van der Waals surface area contributed by atoms with E-state index in [4.69, 9.17) is 5.84 Å². The highest BCUT2D eigenvalue weighted by molar-refractivity contribution is 4.80. The fourth-order valence-corrected chi connectivity index (χ4v) is 1.97. The summed E-state index contributed by atoms with van der Waals surface area (Å²) < 4.78 is 36.2. The molecule has 1 unspecified atom stereocenters. The van der Waals surface area contributed by atoms with Gasteiger partial charge in [0.1, 0.15) is 0 Å². The van der Waals surface area contributed by atoms with Gasteiger partial charge in [-0.05, 0) is 18.8 Å². The number of hydrogen-bond acceptors (Lipinski definition) is 2. The van der Waals surface area contributed by atoms with Crippen LogP contribution in [-0.2, 0) is 0 Å². The van der Waals surface area contributed by atoms with Crippen molar-refractivity contribution in [1.82, 2.24) is 5.43 Å². The first kappa shape index (κ1) is 10.8. The van der Waals surface area contributed by atoms with Crippen LogP contribution in [0.1, 0.15) is 32.1 Å². The first-order valence-electron chi connectivity index (χ1n) is 4.56. The Bertz CT molecular complexity index is 152. The van der Waals surface area contributed by atoms with Crippen molar-refractivity contribution in [1.29, 1.82) is 0 Å². The predicted molar refractivity (Wildman–Crippen MR) is 43.7 cm³/mol. The Morgan fingerprint density at radius 1 is 1.31 bits per heavy atom. The van der Waals surface area contributed by atoms with Crippen LogP contribution < -0.4 is 11.3 Å². The Hall–Kier alpha value is -0.290. The summed E-state index contributed by atoms with van der Waals surface area (Å²) in [6.07, 6.45) is -1.13. The highest BCUT2D eigenvalue weighted by Gasteiger charge is 2.35. The van der Waals surface area contributed by atoms with Gasteiger partial charge in [0.15, 0.2) is 0 Å². The summed E-state index contributed by atoms with van der Waals surface area (Å²) in [5, 5.41) is 0. The molecule has 1 aliphatic rings. The van der Waals surface area contributed by atoms with Crippen molar-refractivity contribution in [2.45, 2.75) is 44.3 Å². The number of hydrogen-bond donors (Lipinski definition) is 2. The lowest BCUT2D eigenvalue weighted by atomic mass is 9.96. The van der Waals surface area contributed by atoms with E-state index in [2.05, 4.69) is 5.43 Å². The summed E-state index contributed by atoms with van der Waals surface area (Å²) in [7, 11) is 0.